The van der Waals surface area contributed by atoms with Crippen LogP contribution in [0.1, 0.15) is 33.0 Å². The summed E-state index contributed by atoms with van der Waals surface area (Å²) in [6.45, 7) is 6.83. The van der Waals surface area contributed by atoms with E-state index in [1.165, 1.54) is 6.33 Å². The fraction of sp³-hybridized carbons (Fsp3) is 0.700. The molecule has 16 heavy (non-hydrogen) atoms. The number of aromatic nitrogens is 3. The molecule has 0 aromatic carbocycles. The van der Waals surface area contributed by atoms with Crippen molar-refractivity contribution in [1.82, 2.24) is 20.5 Å². The quantitative estimate of drug-likeness (QED) is 0.393. The number of aliphatic imine (C=N–C) groups is 1. The molecule has 0 fully saturated rings. The van der Waals surface area contributed by atoms with Crippen LogP contribution in [0.25, 0.3) is 0 Å². The third kappa shape index (κ3) is 5.33. The van der Waals surface area contributed by atoms with E-state index in [2.05, 4.69) is 25.5 Å². The zero-order valence-electron chi connectivity index (χ0n) is 10.1. The van der Waals surface area contributed by atoms with Crippen molar-refractivity contribution in [3.8, 4) is 0 Å². The lowest BCUT2D eigenvalue weighted by Gasteiger charge is -2.20. The number of guanidine groups is 1. The monoisotopic (exact) mass is 224 g/mol. The van der Waals surface area contributed by atoms with Crippen LogP contribution in [-0.4, -0.2) is 33.2 Å². The summed E-state index contributed by atoms with van der Waals surface area (Å²) in [7, 11) is 0. The molecule has 0 bridgehead atoms. The molecule has 1 aromatic rings. The number of nitrogens with two attached hydrogens (primary N) is 1. The molecule has 90 valence electrons. The second kappa shape index (κ2) is 5.48. The minimum absolute atomic E-state index is 0.0431. The van der Waals surface area contributed by atoms with Crippen LogP contribution in [0.4, 0.5) is 0 Å². The molecule has 1 aromatic heterocycles. The van der Waals surface area contributed by atoms with Gasteiger partial charge in [0.25, 0.3) is 0 Å². The minimum Gasteiger partial charge on any atom is -0.370 e. The Morgan fingerprint density at radius 2 is 2.31 bits per heavy atom. The number of aromatic amines is 1. The molecule has 0 unspecified atom stereocenters. The molecule has 4 N–H and O–H groups in total. The number of nitrogens with zero attached hydrogens (tertiary/aromatic N) is 3. The van der Waals surface area contributed by atoms with E-state index < -0.39 is 0 Å². The van der Waals surface area contributed by atoms with Gasteiger partial charge in [0.1, 0.15) is 12.2 Å². The summed E-state index contributed by atoms with van der Waals surface area (Å²) in [6.07, 6.45) is 3.25. The molecule has 0 amide bonds. The van der Waals surface area contributed by atoms with Gasteiger partial charge in [-0.1, -0.05) is 0 Å². The van der Waals surface area contributed by atoms with Crippen LogP contribution in [0.15, 0.2) is 11.3 Å². The maximum Gasteiger partial charge on any atom is 0.188 e. The molecule has 1 heterocycles. The Balaban J connectivity index is 2.21. The molecule has 0 spiro atoms. The number of aryl methyl sites for hydroxylation is 1. The van der Waals surface area contributed by atoms with Gasteiger partial charge in [0.15, 0.2) is 5.96 Å². The van der Waals surface area contributed by atoms with Crippen LogP contribution in [-0.2, 0) is 6.42 Å². The van der Waals surface area contributed by atoms with Gasteiger partial charge in [0.2, 0.25) is 0 Å². The summed E-state index contributed by atoms with van der Waals surface area (Å²) < 4.78 is 0. The maximum absolute atomic E-state index is 5.72. The molecule has 0 aliphatic carbocycles. The van der Waals surface area contributed by atoms with Crippen LogP contribution in [0, 0.1) is 0 Å². The van der Waals surface area contributed by atoms with Gasteiger partial charge < -0.3 is 11.1 Å². The van der Waals surface area contributed by atoms with E-state index in [9.17, 15) is 0 Å². The molecule has 0 saturated heterocycles. The van der Waals surface area contributed by atoms with Crippen molar-refractivity contribution in [2.24, 2.45) is 10.7 Å². The number of hydrogen-bond donors (Lipinski definition) is 3. The fourth-order valence-corrected chi connectivity index (χ4v) is 1.22. The van der Waals surface area contributed by atoms with E-state index >= 15 is 0 Å². The summed E-state index contributed by atoms with van der Waals surface area (Å²) >= 11 is 0. The highest BCUT2D eigenvalue weighted by Gasteiger charge is 2.09. The van der Waals surface area contributed by atoms with Gasteiger partial charge in [-0.3, -0.25) is 10.1 Å². The predicted octanol–water partition coefficient (Wildman–Crippen LogP) is 0.440. The Bertz CT molecular complexity index is 322. The van der Waals surface area contributed by atoms with Gasteiger partial charge in [0.05, 0.1) is 0 Å². The highest BCUT2D eigenvalue weighted by molar-refractivity contribution is 5.78. The van der Waals surface area contributed by atoms with Crippen molar-refractivity contribution in [1.29, 1.82) is 0 Å². The Kier molecular flexibility index (Phi) is 4.28. The molecule has 0 saturated carbocycles. The predicted molar refractivity (Wildman–Crippen MR) is 64.1 cm³/mol. The number of hydrogen-bond acceptors (Lipinski definition) is 3. The number of nitrogens with one attached hydrogen (secondary N) is 2. The Labute approximate surface area is 95.8 Å². The zero-order chi connectivity index (χ0) is 12.0. The zero-order valence-corrected chi connectivity index (χ0v) is 10.1. The van der Waals surface area contributed by atoms with E-state index in [-0.39, 0.29) is 5.54 Å². The van der Waals surface area contributed by atoms with Crippen molar-refractivity contribution < 1.29 is 0 Å². The van der Waals surface area contributed by atoms with Gasteiger partial charge in [-0.15, -0.1) is 0 Å². The fourth-order valence-electron chi connectivity index (χ4n) is 1.22. The minimum atomic E-state index is -0.0431. The molecule has 0 radical (unpaired) electrons. The summed E-state index contributed by atoms with van der Waals surface area (Å²) in [5.74, 6) is 1.38. The second-order valence-corrected chi connectivity index (χ2v) is 4.68. The molecular formula is C10H20N6. The first-order valence-corrected chi connectivity index (χ1v) is 5.40. The maximum atomic E-state index is 5.72. The summed E-state index contributed by atoms with van der Waals surface area (Å²) in [5.41, 5.74) is 5.68. The second-order valence-electron chi connectivity index (χ2n) is 4.68. The first kappa shape index (κ1) is 12.5. The number of H-pyrrole nitrogens is 1. The Morgan fingerprint density at radius 3 is 2.88 bits per heavy atom. The molecular weight excluding hydrogens is 204 g/mol. The number of rotatable bonds is 4. The largest absolute Gasteiger partial charge is 0.370 e. The third-order valence-corrected chi connectivity index (χ3v) is 1.82. The Morgan fingerprint density at radius 1 is 1.56 bits per heavy atom. The van der Waals surface area contributed by atoms with Crippen molar-refractivity contribution in [3.05, 3.63) is 12.2 Å². The van der Waals surface area contributed by atoms with Crippen LogP contribution in [0.2, 0.25) is 0 Å². The van der Waals surface area contributed by atoms with Crippen molar-refractivity contribution in [3.63, 3.8) is 0 Å². The highest BCUT2D eigenvalue weighted by Crippen LogP contribution is 1.97. The molecule has 6 nitrogen and oxygen atoms in total. The van der Waals surface area contributed by atoms with E-state index in [1.54, 1.807) is 0 Å². The van der Waals surface area contributed by atoms with Crippen molar-refractivity contribution in [2.45, 2.75) is 39.2 Å². The van der Waals surface area contributed by atoms with Gasteiger partial charge in [-0.25, -0.2) is 4.98 Å². The van der Waals surface area contributed by atoms with Crippen molar-refractivity contribution >= 4 is 5.96 Å². The van der Waals surface area contributed by atoms with Gasteiger partial charge in [-0.2, -0.15) is 5.10 Å². The summed E-state index contributed by atoms with van der Waals surface area (Å²) in [5, 5.41) is 9.69. The van der Waals surface area contributed by atoms with Gasteiger partial charge in [-0.05, 0) is 27.2 Å². The average molecular weight is 224 g/mol. The molecule has 0 aliphatic heterocycles. The molecule has 0 atom stereocenters. The average Bonchev–Trinajstić information content (AvgIpc) is 2.62. The van der Waals surface area contributed by atoms with Crippen molar-refractivity contribution in [2.75, 3.05) is 6.54 Å². The molecule has 6 heteroatoms. The van der Waals surface area contributed by atoms with E-state index in [0.717, 1.165) is 18.7 Å². The van der Waals surface area contributed by atoms with E-state index in [1.807, 2.05) is 20.8 Å². The van der Waals surface area contributed by atoms with Gasteiger partial charge in [0, 0.05) is 18.5 Å². The standard InChI is InChI=1S/C10H20N6/c1-10(2,3)15-9(11)12-6-4-5-8-13-7-14-16-8/h7H,4-6H2,1-3H3,(H3,11,12,15)(H,13,14,16). The lowest BCUT2D eigenvalue weighted by molar-refractivity contribution is 0.508. The smallest absolute Gasteiger partial charge is 0.188 e. The summed E-state index contributed by atoms with van der Waals surface area (Å²) in [6, 6.07) is 0. The third-order valence-electron chi connectivity index (χ3n) is 1.82. The lowest BCUT2D eigenvalue weighted by atomic mass is 10.1. The van der Waals surface area contributed by atoms with E-state index in [4.69, 9.17) is 5.73 Å². The van der Waals surface area contributed by atoms with E-state index in [0.29, 0.717) is 12.5 Å². The normalized spacial score (nSPS) is 12.8. The van der Waals surface area contributed by atoms with Crippen LogP contribution in [0.3, 0.4) is 0 Å². The SMILES string of the molecule is CC(C)(C)NC(N)=NCCCc1ncn[nH]1. The van der Waals surface area contributed by atoms with Crippen LogP contribution in [0.5, 0.6) is 0 Å². The topological polar surface area (TPSA) is 92.0 Å². The van der Waals surface area contributed by atoms with Crippen LogP contribution < -0.4 is 11.1 Å². The lowest BCUT2D eigenvalue weighted by Crippen LogP contribution is -2.45. The highest BCUT2D eigenvalue weighted by atomic mass is 15.2. The first-order chi connectivity index (χ1) is 7.47. The van der Waals surface area contributed by atoms with Gasteiger partial charge >= 0.3 is 0 Å². The summed E-state index contributed by atoms with van der Waals surface area (Å²) in [4.78, 5) is 8.26. The van der Waals surface area contributed by atoms with Crippen LogP contribution >= 0.6 is 0 Å². The molecule has 0 aliphatic rings. The first-order valence-electron chi connectivity index (χ1n) is 5.40. The Hall–Kier alpha value is -1.59. The molecule has 1 rings (SSSR count).